The third-order valence-electron chi connectivity index (χ3n) is 2.23. The number of alkyl halides is 3. The van der Waals surface area contributed by atoms with Crippen molar-refractivity contribution in [3.8, 4) is 0 Å². The average molecular weight is 297 g/mol. The lowest BCUT2D eigenvalue weighted by Gasteiger charge is -2.23. The van der Waals surface area contributed by atoms with Gasteiger partial charge in [-0.05, 0) is 6.07 Å². The molecule has 0 aromatic carbocycles. The Balaban J connectivity index is 3.50. The first-order valence-electron chi connectivity index (χ1n) is 5.21. The zero-order chi connectivity index (χ0) is 15.0. The molecule has 19 heavy (non-hydrogen) atoms. The molecule has 4 nitrogen and oxygen atoms in total. The Morgan fingerprint density at radius 3 is 2.26 bits per heavy atom. The van der Waals surface area contributed by atoms with Crippen LogP contribution in [0.3, 0.4) is 0 Å². The summed E-state index contributed by atoms with van der Waals surface area (Å²) in [6, 6.07) is 0.657. The third-order valence-corrected chi connectivity index (χ3v) is 2.52. The predicted octanol–water partition coefficient (Wildman–Crippen LogP) is 4.14. The van der Waals surface area contributed by atoms with Gasteiger partial charge >= 0.3 is 12.3 Å². The molecule has 1 rings (SSSR count). The molecule has 0 radical (unpaired) electrons. The van der Waals surface area contributed by atoms with Crippen LogP contribution < -0.4 is 5.32 Å². The Hall–Kier alpha value is -1.50. The second-order valence-corrected chi connectivity index (χ2v) is 5.26. The summed E-state index contributed by atoms with van der Waals surface area (Å²) in [5.41, 5.74) is -1.92. The number of pyridine rings is 1. The molecule has 1 amide bonds. The fourth-order valence-electron chi connectivity index (χ4n) is 1.47. The number of carbonyl (C=O) groups is 1. The number of hydrogen-bond donors (Lipinski definition) is 2. The molecule has 0 aliphatic heterocycles. The van der Waals surface area contributed by atoms with Crippen molar-refractivity contribution >= 4 is 23.4 Å². The highest BCUT2D eigenvalue weighted by Gasteiger charge is 2.36. The molecule has 0 saturated carbocycles. The molecule has 0 aliphatic carbocycles. The summed E-state index contributed by atoms with van der Waals surface area (Å²) < 4.78 is 38.1. The molecule has 8 heteroatoms. The van der Waals surface area contributed by atoms with E-state index >= 15 is 0 Å². The molecule has 1 aromatic rings. The highest BCUT2D eigenvalue weighted by Crippen LogP contribution is 2.38. The van der Waals surface area contributed by atoms with E-state index in [9.17, 15) is 18.0 Å². The van der Waals surface area contributed by atoms with E-state index < -0.39 is 28.4 Å². The van der Waals surface area contributed by atoms with Crippen molar-refractivity contribution in [2.75, 3.05) is 5.32 Å². The van der Waals surface area contributed by atoms with Crippen molar-refractivity contribution in [1.29, 1.82) is 0 Å². The van der Waals surface area contributed by atoms with Gasteiger partial charge in [-0.2, -0.15) is 13.2 Å². The molecule has 0 spiro atoms. The van der Waals surface area contributed by atoms with E-state index in [1.54, 1.807) is 20.8 Å². The summed E-state index contributed by atoms with van der Waals surface area (Å²) in [5, 5.41) is 9.88. The fourth-order valence-corrected chi connectivity index (χ4v) is 1.72. The van der Waals surface area contributed by atoms with Gasteiger partial charge in [0, 0.05) is 5.41 Å². The average Bonchev–Trinajstić information content (AvgIpc) is 2.16. The fraction of sp³-hybridized carbons (Fsp3) is 0.455. The molecule has 0 fully saturated rings. The summed E-state index contributed by atoms with van der Waals surface area (Å²) in [6.07, 6.45) is -6.17. The van der Waals surface area contributed by atoms with Gasteiger partial charge in [0.15, 0.2) is 0 Å². The van der Waals surface area contributed by atoms with Crippen molar-refractivity contribution in [2.45, 2.75) is 32.4 Å². The number of rotatable bonds is 1. The number of nitrogens with zero attached hydrogens (tertiary/aromatic N) is 1. The van der Waals surface area contributed by atoms with Crippen LogP contribution in [0.5, 0.6) is 0 Å². The molecule has 0 aliphatic rings. The maximum atomic E-state index is 12.7. The van der Waals surface area contributed by atoms with Crippen molar-refractivity contribution in [2.24, 2.45) is 0 Å². The standard InChI is InChI=1S/C11H12ClF3N2O2/c1-10(2,3)7-6(16-9(18)19)4-5(8(12)17-7)11(13,14)15/h4,16H,1-3H3,(H,18,19). The topological polar surface area (TPSA) is 62.2 Å². The first kappa shape index (κ1) is 15.6. The van der Waals surface area contributed by atoms with Gasteiger partial charge in [-0.3, -0.25) is 5.32 Å². The minimum absolute atomic E-state index is 0.146. The SMILES string of the molecule is CC(C)(C)c1nc(Cl)c(C(F)(F)F)cc1NC(=O)O. The molecule has 0 unspecified atom stereocenters. The molecule has 0 bridgehead atoms. The molecule has 1 aromatic heterocycles. The van der Waals surface area contributed by atoms with Crippen molar-refractivity contribution in [3.05, 3.63) is 22.5 Å². The monoisotopic (exact) mass is 296 g/mol. The number of hydrogen-bond acceptors (Lipinski definition) is 2. The summed E-state index contributed by atoms with van der Waals surface area (Å²) >= 11 is 5.52. The normalized spacial score (nSPS) is 12.4. The summed E-state index contributed by atoms with van der Waals surface area (Å²) in [6.45, 7) is 5.06. The second kappa shape index (κ2) is 4.88. The number of aromatic nitrogens is 1. The van der Waals surface area contributed by atoms with E-state index in [2.05, 4.69) is 4.98 Å². The maximum absolute atomic E-state index is 12.7. The minimum atomic E-state index is -4.70. The van der Waals surface area contributed by atoms with Crippen LogP contribution in [0.1, 0.15) is 32.0 Å². The first-order valence-corrected chi connectivity index (χ1v) is 5.59. The van der Waals surface area contributed by atoms with Crippen LogP contribution in [0.2, 0.25) is 5.15 Å². The molecule has 2 N–H and O–H groups in total. The molecule has 106 valence electrons. The first-order chi connectivity index (χ1) is 8.43. The van der Waals surface area contributed by atoms with Crippen LogP contribution in [-0.2, 0) is 11.6 Å². The van der Waals surface area contributed by atoms with Gasteiger partial charge in [-0.1, -0.05) is 32.4 Å². The zero-order valence-corrected chi connectivity index (χ0v) is 11.1. The Morgan fingerprint density at radius 1 is 1.37 bits per heavy atom. The van der Waals surface area contributed by atoms with Crippen LogP contribution >= 0.6 is 11.6 Å². The molecule has 0 atom stereocenters. The smallest absolute Gasteiger partial charge is 0.419 e. The van der Waals surface area contributed by atoms with Gasteiger partial charge in [0.25, 0.3) is 0 Å². The number of carboxylic acid groups (broad SMARTS) is 1. The van der Waals surface area contributed by atoms with Crippen LogP contribution in [0.4, 0.5) is 23.7 Å². The van der Waals surface area contributed by atoms with E-state index in [1.165, 1.54) is 0 Å². The highest BCUT2D eigenvalue weighted by molar-refractivity contribution is 6.30. The molecular weight excluding hydrogens is 285 g/mol. The van der Waals surface area contributed by atoms with Gasteiger partial charge in [0.1, 0.15) is 5.15 Å². The minimum Gasteiger partial charge on any atom is -0.465 e. The maximum Gasteiger partial charge on any atom is 0.419 e. The van der Waals surface area contributed by atoms with E-state index in [0.717, 1.165) is 0 Å². The number of nitrogens with one attached hydrogen (secondary N) is 1. The van der Waals surface area contributed by atoms with E-state index in [4.69, 9.17) is 16.7 Å². The number of amides is 1. The third kappa shape index (κ3) is 3.73. The Labute approximate surface area is 112 Å². The van der Waals surface area contributed by atoms with Gasteiger partial charge < -0.3 is 5.11 Å². The highest BCUT2D eigenvalue weighted by atomic mass is 35.5. The predicted molar refractivity (Wildman–Crippen MR) is 64.6 cm³/mol. The van der Waals surface area contributed by atoms with Gasteiger partial charge in [0.05, 0.1) is 16.9 Å². The molecule has 0 saturated heterocycles. The molecule has 1 heterocycles. The summed E-state index contributed by atoms with van der Waals surface area (Å²) in [5.74, 6) is 0. The lowest BCUT2D eigenvalue weighted by atomic mass is 9.90. The van der Waals surface area contributed by atoms with Gasteiger partial charge in [0.2, 0.25) is 0 Å². The number of halogens is 4. The van der Waals surface area contributed by atoms with Crippen LogP contribution in [-0.4, -0.2) is 16.2 Å². The quantitative estimate of drug-likeness (QED) is 0.766. The van der Waals surface area contributed by atoms with E-state index in [-0.39, 0.29) is 11.4 Å². The Bertz CT molecular complexity index is 510. The lowest BCUT2D eigenvalue weighted by Crippen LogP contribution is -2.21. The lowest BCUT2D eigenvalue weighted by molar-refractivity contribution is -0.137. The Kier molecular flexibility index (Phi) is 4.00. The van der Waals surface area contributed by atoms with Gasteiger partial charge in [-0.15, -0.1) is 0 Å². The van der Waals surface area contributed by atoms with Crippen molar-refractivity contribution in [3.63, 3.8) is 0 Å². The second-order valence-electron chi connectivity index (χ2n) is 4.90. The van der Waals surface area contributed by atoms with Gasteiger partial charge in [-0.25, -0.2) is 9.78 Å². The largest absolute Gasteiger partial charge is 0.465 e. The zero-order valence-electron chi connectivity index (χ0n) is 10.4. The summed E-state index contributed by atoms with van der Waals surface area (Å²) in [4.78, 5) is 14.3. The van der Waals surface area contributed by atoms with Crippen molar-refractivity contribution < 1.29 is 23.1 Å². The summed E-state index contributed by atoms with van der Waals surface area (Å²) in [7, 11) is 0. The van der Waals surface area contributed by atoms with Crippen LogP contribution in [0, 0.1) is 0 Å². The molecular formula is C11H12ClF3N2O2. The van der Waals surface area contributed by atoms with Crippen LogP contribution in [0.25, 0.3) is 0 Å². The van der Waals surface area contributed by atoms with Crippen molar-refractivity contribution in [1.82, 2.24) is 4.98 Å². The number of anilines is 1. The van der Waals surface area contributed by atoms with E-state index in [0.29, 0.717) is 6.07 Å². The van der Waals surface area contributed by atoms with E-state index in [1.807, 2.05) is 5.32 Å². The Morgan fingerprint density at radius 2 is 1.89 bits per heavy atom. The van der Waals surface area contributed by atoms with Crippen LogP contribution in [0.15, 0.2) is 6.07 Å².